The number of aliphatic hydroxyl groups excluding tert-OH is 1. The third-order valence-corrected chi connectivity index (χ3v) is 3.41. The molecule has 7 heteroatoms. The molecule has 2 fully saturated rings. The maximum atomic E-state index is 11.9. The van der Waals surface area contributed by atoms with Gasteiger partial charge in [-0.1, -0.05) is 0 Å². The summed E-state index contributed by atoms with van der Waals surface area (Å²) in [6.45, 7) is 0.784. The van der Waals surface area contributed by atoms with E-state index in [9.17, 15) is 14.4 Å². The van der Waals surface area contributed by atoms with Crippen LogP contribution >= 0.6 is 0 Å². The monoisotopic (exact) mass is 255 g/mol. The number of hydrogen-bond acceptors (Lipinski definition) is 4. The van der Waals surface area contributed by atoms with Gasteiger partial charge < -0.3 is 15.3 Å². The van der Waals surface area contributed by atoms with Crippen LogP contribution in [0.25, 0.3) is 0 Å². The molecule has 0 aromatic heterocycles. The summed E-state index contributed by atoms with van der Waals surface area (Å²) in [6, 6.07) is -0.496. The van der Waals surface area contributed by atoms with Crippen LogP contribution in [0.15, 0.2) is 0 Å². The Balaban J connectivity index is 2.02. The minimum Gasteiger partial charge on any atom is -0.396 e. The lowest BCUT2D eigenvalue weighted by Crippen LogP contribution is -2.59. The molecule has 2 rings (SSSR count). The van der Waals surface area contributed by atoms with E-state index < -0.39 is 11.6 Å². The van der Waals surface area contributed by atoms with E-state index in [-0.39, 0.29) is 31.4 Å². The summed E-state index contributed by atoms with van der Waals surface area (Å²) in [5.41, 5.74) is -0.954. The van der Waals surface area contributed by atoms with Gasteiger partial charge in [0.2, 0.25) is 5.91 Å². The first kappa shape index (κ1) is 12.8. The first-order chi connectivity index (χ1) is 8.57. The van der Waals surface area contributed by atoms with Crippen LogP contribution in [0.4, 0.5) is 4.79 Å². The van der Waals surface area contributed by atoms with Crippen molar-refractivity contribution < 1.29 is 19.5 Å². The number of carbonyl (C=O) groups is 3. The molecule has 2 heterocycles. The van der Waals surface area contributed by atoms with Crippen molar-refractivity contribution in [2.24, 2.45) is 0 Å². The molecule has 3 N–H and O–H groups in total. The van der Waals surface area contributed by atoms with E-state index in [1.54, 1.807) is 4.90 Å². The van der Waals surface area contributed by atoms with Crippen LogP contribution in [0.3, 0.4) is 0 Å². The van der Waals surface area contributed by atoms with Crippen LogP contribution in [0, 0.1) is 0 Å². The summed E-state index contributed by atoms with van der Waals surface area (Å²) >= 11 is 0. The van der Waals surface area contributed by atoms with Gasteiger partial charge in [-0.25, -0.2) is 4.79 Å². The summed E-state index contributed by atoms with van der Waals surface area (Å²) in [5.74, 6) is -0.441. The van der Waals surface area contributed by atoms with E-state index >= 15 is 0 Å². The molecule has 2 aliphatic rings. The Kier molecular flexibility index (Phi) is 3.51. The van der Waals surface area contributed by atoms with E-state index in [1.165, 1.54) is 0 Å². The molecule has 100 valence electrons. The standard InChI is InChI=1S/C11H17N3O4/c15-6-1-3-8(16)14-5-2-4-11(7-14)9(17)12-10(18)13-11/h15H,1-7H2,(H2,12,13,17,18). The average molecular weight is 255 g/mol. The highest BCUT2D eigenvalue weighted by Crippen LogP contribution is 2.24. The predicted octanol–water partition coefficient (Wildman–Crippen LogP) is -1.04. The first-order valence-electron chi connectivity index (χ1n) is 6.10. The van der Waals surface area contributed by atoms with Crippen LogP contribution in [0.1, 0.15) is 25.7 Å². The molecule has 0 saturated carbocycles. The van der Waals surface area contributed by atoms with Gasteiger partial charge in [0, 0.05) is 19.6 Å². The topological polar surface area (TPSA) is 98.7 Å². The van der Waals surface area contributed by atoms with E-state index in [0.29, 0.717) is 25.8 Å². The van der Waals surface area contributed by atoms with Crippen molar-refractivity contribution in [3.05, 3.63) is 0 Å². The van der Waals surface area contributed by atoms with Crippen LogP contribution in [0.2, 0.25) is 0 Å². The Bertz CT molecular complexity index is 384. The van der Waals surface area contributed by atoms with Crippen LogP contribution in [0.5, 0.6) is 0 Å². The van der Waals surface area contributed by atoms with Crippen molar-refractivity contribution in [1.82, 2.24) is 15.5 Å². The maximum Gasteiger partial charge on any atom is 0.322 e. The summed E-state index contributed by atoms with van der Waals surface area (Å²) in [6.07, 6.45) is 1.91. The van der Waals surface area contributed by atoms with Gasteiger partial charge in [-0.05, 0) is 19.3 Å². The number of urea groups is 1. The van der Waals surface area contributed by atoms with Gasteiger partial charge in [0.15, 0.2) is 0 Å². The minimum atomic E-state index is -0.954. The lowest BCUT2D eigenvalue weighted by Gasteiger charge is -2.38. The first-order valence-corrected chi connectivity index (χ1v) is 6.10. The van der Waals surface area contributed by atoms with Gasteiger partial charge in [0.05, 0.1) is 6.54 Å². The highest BCUT2D eigenvalue weighted by Gasteiger charge is 2.49. The molecule has 0 aliphatic carbocycles. The second-order valence-electron chi connectivity index (χ2n) is 4.74. The Hall–Kier alpha value is -1.63. The van der Waals surface area contributed by atoms with Crippen LogP contribution in [-0.2, 0) is 9.59 Å². The predicted molar refractivity (Wildman–Crippen MR) is 61.5 cm³/mol. The summed E-state index contributed by atoms with van der Waals surface area (Å²) in [4.78, 5) is 36.4. The Labute approximate surface area is 105 Å². The summed E-state index contributed by atoms with van der Waals surface area (Å²) < 4.78 is 0. The van der Waals surface area contributed by atoms with Crippen molar-refractivity contribution in [1.29, 1.82) is 0 Å². The third-order valence-electron chi connectivity index (χ3n) is 3.41. The van der Waals surface area contributed by atoms with Gasteiger partial charge in [-0.2, -0.15) is 0 Å². The van der Waals surface area contributed by atoms with Gasteiger partial charge in [0.25, 0.3) is 5.91 Å². The molecule has 0 bridgehead atoms. The number of rotatable bonds is 3. The average Bonchev–Trinajstić information content (AvgIpc) is 2.61. The molecule has 0 aromatic carbocycles. The SMILES string of the molecule is O=C1NC(=O)C2(CCCN(C(=O)CCCO)C2)N1. The number of carbonyl (C=O) groups excluding carboxylic acids is 3. The molecular weight excluding hydrogens is 238 g/mol. The zero-order valence-electron chi connectivity index (χ0n) is 10.1. The number of likely N-dealkylation sites (tertiary alicyclic amines) is 1. The lowest BCUT2D eigenvalue weighted by atomic mass is 9.89. The zero-order chi connectivity index (χ0) is 13.2. The number of amides is 4. The molecule has 18 heavy (non-hydrogen) atoms. The second kappa shape index (κ2) is 4.93. The van der Waals surface area contributed by atoms with Crippen molar-refractivity contribution in [2.45, 2.75) is 31.2 Å². The van der Waals surface area contributed by atoms with Gasteiger partial charge >= 0.3 is 6.03 Å². The minimum absolute atomic E-state index is 0.0258. The van der Waals surface area contributed by atoms with Crippen LogP contribution in [-0.4, -0.2) is 53.1 Å². The highest BCUT2D eigenvalue weighted by atomic mass is 16.3. The molecule has 1 spiro atoms. The summed E-state index contributed by atoms with van der Waals surface area (Å²) in [5, 5.41) is 13.5. The largest absolute Gasteiger partial charge is 0.396 e. The Morgan fingerprint density at radius 2 is 2.22 bits per heavy atom. The molecule has 1 atom stereocenters. The lowest BCUT2D eigenvalue weighted by molar-refractivity contribution is -0.136. The third kappa shape index (κ3) is 2.31. The Morgan fingerprint density at radius 3 is 2.83 bits per heavy atom. The van der Waals surface area contributed by atoms with Crippen molar-refractivity contribution >= 4 is 17.8 Å². The highest BCUT2D eigenvalue weighted by molar-refractivity contribution is 6.07. The molecule has 0 aromatic rings. The molecular formula is C11H17N3O4. The van der Waals surface area contributed by atoms with Gasteiger partial charge in [-0.15, -0.1) is 0 Å². The molecule has 7 nitrogen and oxygen atoms in total. The fraction of sp³-hybridized carbons (Fsp3) is 0.727. The zero-order valence-corrected chi connectivity index (χ0v) is 10.1. The quantitative estimate of drug-likeness (QED) is 0.561. The normalized spacial score (nSPS) is 27.3. The van der Waals surface area contributed by atoms with Crippen molar-refractivity contribution in [3.63, 3.8) is 0 Å². The molecule has 1 unspecified atom stereocenters. The van der Waals surface area contributed by atoms with Crippen molar-refractivity contribution in [2.75, 3.05) is 19.7 Å². The Morgan fingerprint density at radius 1 is 1.44 bits per heavy atom. The number of nitrogens with zero attached hydrogens (tertiary/aromatic N) is 1. The molecule has 0 radical (unpaired) electrons. The van der Waals surface area contributed by atoms with Gasteiger partial charge in [-0.3, -0.25) is 14.9 Å². The van der Waals surface area contributed by atoms with Gasteiger partial charge in [0.1, 0.15) is 5.54 Å². The number of nitrogens with one attached hydrogen (secondary N) is 2. The molecule has 4 amide bonds. The fourth-order valence-corrected chi connectivity index (χ4v) is 2.47. The van der Waals surface area contributed by atoms with Crippen LogP contribution < -0.4 is 10.6 Å². The van der Waals surface area contributed by atoms with E-state index in [0.717, 1.165) is 0 Å². The number of piperidine rings is 1. The smallest absolute Gasteiger partial charge is 0.322 e. The fourth-order valence-electron chi connectivity index (χ4n) is 2.47. The second-order valence-corrected chi connectivity index (χ2v) is 4.74. The molecule has 2 aliphatic heterocycles. The number of imide groups is 1. The molecule has 2 saturated heterocycles. The van der Waals surface area contributed by atoms with Crippen molar-refractivity contribution in [3.8, 4) is 0 Å². The van der Waals surface area contributed by atoms with E-state index in [2.05, 4.69) is 10.6 Å². The maximum absolute atomic E-state index is 11.9. The summed E-state index contributed by atoms with van der Waals surface area (Å²) in [7, 11) is 0. The number of hydrogen-bond donors (Lipinski definition) is 3. The van der Waals surface area contributed by atoms with E-state index in [1.807, 2.05) is 0 Å². The van der Waals surface area contributed by atoms with E-state index in [4.69, 9.17) is 5.11 Å². The number of aliphatic hydroxyl groups is 1.